The van der Waals surface area contributed by atoms with Gasteiger partial charge in [-0.15, -0.1) is 0 Å². The van der Waals surface area contributed by atoms with E-state index in [2.05, 4.69) is 17.6 Å². The quantitative estimate of drug-likeness (QED) is 0.543. The number of hydrogen-bond acceptors (Lipinski definition) is 6. The second-order valence-electron chi connectivity index (χ2n) is 9.89. The zero-order chi connectivity index (χ0) is 26.8. The van der Waals surface area contributed by atoms with Crippen LogP contribution in [0.1, 0.15) is 60.7 Å². The van der Waals surface area contributed by atoms with E-state index in [4.69, 9.17) is 9.47 Å². The van der Waals surface area contributed by atoms with E-state index in [1.165, 1.54) is 0 Å². The van der Waals surface area contributed by atoms with Crippen LogP contribution in [0.3, 0.4) is 0 Å². The monoisotopic (exact) mass is 511 g/mol. The number of rotatable bonds is 6. The summed E-state index contributed by atoms with van der Waals surface area (Å²) in [4.78, 5) is 28.4. The summed E-state index contributed by atoms with van der Waals surface area (Å²) in [6.45, 7) is 7.43. The van der Waals surface area contributed by atoms with Crippen molar-refractivity contribution >= 4 is 17.5 Å². The molecule has 0 bridgehead atoms. The number of aliphatic hydroxyl groups is 1. The van der Waals surface area contributed by atoms with Gasteiger partial charge in [0.2, 0.25) is 0 Å². The van der Waals surface area contributed by atoms with Crippen LogP contribution in [-0.4, -0.2) is 73.4 Å². The first kappa shape index (κ1) is 28.6. The Bertz CT molecular complexity index is 1020. The lowest BCUT2D eigenvalue weighted by Gasteiger charge is -2.34. The summed E-state index contributed by atoms with van der Waals surface area (Å²) < 4.78 is 12.4. The molecule has 1 aliphatic heterocycles. The van der Waals surface area contributed by atoms with E-state index < -0.39 is 6.04 Å². The zero-order valence-corrected chi connectivity index (χ0v) is 22.4. The van der Waals surface area contributed by atoms with Crippen molar-refractivity contribution in [1.29, 1.82) is 0 Å². The van der Waals surface area contributed by atoms with Gasteiger partial charge in [0.25, 0.3) is 11.8 Å². The van der Waals surface area contributed by atoms with Crippen LogP contribution in [0.15, 0.2) is 48.5 Å². The molecule has 3 rings (SSSR count). The van der Waals surface area contributed by atoms with Gasteiger partial charge < -0.3 is 30.1 Å². The summed E-state index contributed by atoms with van der Waals surface area (Å²) in [5.41, 5.74) is 1.38. The molecule has 0 saturated heterocycles. The van der Waals surface area contributed by atoms with Gasteiger partial charge in [-0.1, -0.05) is 25.1 Å². The zero-order valence-electron chi connectivity index (χ0n) is 22.4. The molecular formula is C29H41N3O5. The number of carbonyl (C=O) groups excluding carboxylic acids is 2. The number of carbonyl (C=O) groups is 2. The van der Waals surface area contributed by atoms with Crippen molar-refractivity contribution in [1.82, 2.24) is 10.2 Å². The van der Waals surface area contributed by atoms with Crippen molar-refractivity contribution in [2.75, 3.05) is 38.7 Å². The largest absolute Gasteiger partial charge is 0.490 e. The molecule has 0 fully saturated rings. The number of amides is 2. The van der Waals surface area contributed by atoms with E-state index in [0.29, 0.717) is 42.3 Å². The van der Waals surface area contributed by atoms with Gasteiger partial charge in [-0.05, 0) is 70.5 Å². The van der Waals surface area contributed by atoms with Gasteiger partial charge in [-0.3, -0.25) is 9.59 Å². The Labute approximate surface area is 220 Å². The van der Waals surface area contributed by atoms with Gasteiger partial charge in [0.05, 0.1) is 30.4 Å². The molecule has 2 amide bonds. The Balaban J connectivity index is 1.97. The van der Waals surface area contributed by atoms with Crippen LogP contribution >= 0.6 is 0 Å². The maximum absolute atomic E-state index is 14.0. The highest BCUT2D eigenvalue weighted by atomic mass is 16.5. The van der Waals surface area contributed by atoms with E-state index in [9.17, 15) is 14.7 Å². The molecule has 0 unspecified atom stereocenters. The van der Waals surface area contributed by atoms with E-state index in [-0.39, 0.29) is 36.5 Å². The Hall–Kier alpha value is -2.94. The predicted molar refractivity (Wildman–Crippen MR) is 145 cm³/mol. The third-order valence-electron chi connectivity index (χ3n) is 6.75. The van der Waals surface area contributed by atoms with E-state index in [1.807, 2.05) is 27.0 Å². The molecule has 1 heterocycles. The third-order valence-corrected chi connectivity index (χ3v) is 6.75. The topological polar surface area (TPSA) is 100 Å². The fraction of sp³-hybridized carbons (Fsp3) is 0.517. The Morgan fingerprint density at radius 2 is 1.92 bits per heavy atom. The minimum absolute atomic E-state index is 0.0256. The van der Waals surface area contributed by atoms with Crippen molar-refractivity contribution in [3.8, 4) is 5.75 Å². The van der Waals surface area contributed by atoms with Crippen LogP contribution in [0.2, 0.25) is 0 Å². The van der Waals surface area contributed by atoms with E-state index in [1.54, 1.807) is 47.4 Å². The first-order valence-corrected chi connectivity index (χ1v) is 13.2. The predicted octanol–water partition coefficient (Wildman–Crippen LogP) is 3.95. The molecule has 8 nitrogen and oxygen atoms in total. The maximum Gasteiger partial charge on any atom is 0.258 e. The fourth-order valence-corrected chi connectivity index (χ4v) is 4.48. The highest BCUT2D eigenvalue weighted by molar-refractivity contribution is 6.05. The average molecular weight is 512 g/mol. The van der Waals surface area contributed by atoms with E-state index in [0.717, 1.165) is 19.3 Å². The number of ether oxygens (including phenoxy) is 2. The van der Waals surface area contributed by atoms with Gasteiger partial charge in [-0.25, -0.2) is 0 Å². The van der Waals surface area contributed by atoms with Crippen LogP contribution < -0.4 is 15.4 Å². The minimum Gasteiger partial charge on any atom is -0.490 e. The van der Waals surface area contributed by atoms with Gasteiger partial charge >= 0.3 is 0 Å². The number of nitrogens with zero attached hydrogens (tertiary/aromatic N) is 1. The molecule has 0 aromatic heterocycles. The fourth-order valence-electron chi connectivity index (χ4n) is 4.48. The molecule has 1 aliphatic rings. The average Bonchev–Trinajstić information content (AvgIpc) is 2.90. The Morgan fingerprint density at radius 3 is 2.62 bits per heavy atom. The summed E-state index contributed by atoms with van der Waals surface area (Å²) in [6, 6.07) is 13.7. The molecule has 4 atom stereocenters. The number of nitrogens with one attached hydrogen (secondary N) is 2. The van der Waals surface area contributed by atoms with Crippen LogP contribution in [-0.2, 0) is 4.74 Å². The lowest BCUT2D eigenvalue weighted by Crippen LogP contribution is -2.47. The first-order chi connectivity index (χ1) is 17.8. The summed E-state index contributed by atoms with van der Waals surface area (Å²) in [6.07, 6.45) is 2.53. The van der Waals surface area contributed by atoms with Crippen molar-refractivity contribution < 1.29 is 24.2 Å². The molecule has 202 valence electrons. The second kappa shape index (κ2) is 14.1. The molecule has 0 radical (unpaired) electrons. The van der Waals surface area contributed by atoms with Crippen molar-refractivity contribution in [2.24, 2.45) is 5.92 Å². The van der Waals surface area contributed by atoms with Crippen LogP contribution in [0, 0.1) is 5.92 Å². The third kappa shape index (κ3) is 8.02. The Morgan fingerprint density at radius 1 is 1.16 bits per heavy atom. The number of benzene rings is 2. The summed E-state index contributed by atoms with van der Waals surface area (Å²) in [7, 11) is 1.89. The normalized spacial score (nSPS) is 22.4. The van der Waals surface area contributed by atoms with Gasteiger partial charge in [-0.2, -0.15) is 0 Å². The lowest BCUT2D eigenvalue weighted by molar-refractivity contribution is -0.000452. The molecule has 3 N–H and O–H groups in total. The van der Waals surface area contributed by atoms with Gasteiger partial charge in [0.1, 0.15) is 5.75 Å². The highest BCUT2D eigenvalue weighted by Crippen LogP contribution is 2.28. The number of fused-ring (bicyclic) bond motifs is 1. The first-order valence-electron chi connectivity index (χ1n) is 13.2. The summed E-state index contributed by atoms with van der Waals surface area (Å²) in [5, 5.41) is 16.1. The molecule has 2 aromatic carbocycles. The molecule has 0 saturated carbocycles. The number of likely N-dealkylation sites (N-methyl/N-ethyl adjacent to an activating group) is 1. The van der Waals surface area contributed by atoms with Gasteiger partial charge in [0.15, 0.2) is 0 Å². The van der Waals surface area contributed by atoms with Gasteiger partial charge in [0, 0.05) is 36.9 Å². The van der Waals surface area contributed by atoms with Crippen LogP contribution in [0.4, 0.5) is 5.69 Å². The maximum atomic E-state index is 14.0. The summed E-state index contributed by atoms with van der Waals surface area (Å²) in [5.74, 6) is -0.0215. The molecule has 2 aromatic rings. The molecule has 0 spiro atoms. The standard InChI is InChI=1S/C29H41N3O5/c1-20-18-32(21(2)19-33)29(35)25-16-24(31-28(34)23-11-6-5-7-12-23)13-14-26(25)37-22(3)10-8-9-15-36-27(20)17-30-4/h5-7,11-14,16,20-22,27,30,33H,8-10,15,17-19H2,1-4H3,(H,31,34)/t20-,21-,22-,27+/m1/s1. The molecule has 0 aliphatic carbocycles. The Kier molecular flexibility index (Phi) is 10.9. The van der Waals surface area contributed by atoms with Crippen molar-refractivity contribution in [3.63, 3.8) is 0 Å². The van der Waals surface area contributed by atoms with Crippen LogP contribution in [0.5, 0.6) is 5.75 Å². The number of anilines is 1. The molecule has 8 heteroatoms. The number of aliphatic hydroxyl groups excluding tert-OH is 1. The highest BCUT2D eigenvalue weighted by Gasteiger charge is 2.29. The number of hydrogen-bond donors (Lipinski definition) is 3. The van der Waals surface area contributed by atoms with E-state index >= 15 is 0 Å². The molecular weight excluding hydrogens is 470 g/mol. The SMILES string of the molecule is CNC[C@@H]1OCCCC[C@@H](C)Oc2ccc(NC(=O)c3ccccc3)cc2C(=O)N([C@H](C)CO)C[C@H]1C. The van der Waals surface area contributed by atoms with Crippen molar-refractivity contribution in [3.05, 3.63) is 59.7 Å². The smallest absolute Gasteiger partial charge is 0.258 e. The minimum atomic E-state index is -0.411. The molecule has 37 heavy (non-hydrogen) atoms. The van der Waals surface area contributed by atoms with Crippen molar-refractivity contribution in [2.45, 2.75) is 58.3 Å². The van der Waals surface area contributed by atoms with Crippen LogP contribution in [0.25, 0.3) is 0 Å². The second-order valence-corrected chi connectivity index (χ2v) is 9.89. The lowest BCUT2D eigenvalue weighted by atomic mass is 10.0. The summed E-state index contributed by atoms with van der Waals surface area (Å²) >= 11 is 0.